The van der Waals surface area contributed by atoms with Crippen molar-refractivity contribution in [1.82, 2.24) is 30.0 Å². The summed E-state index contributed by atoms with van der Waals surface area (Å²) < 4.78 is 3.20. The molecule has 1 amide bonds. The summed E-state index contributed by atoms with van der Waals surface area (Å²) >= 11 is 0. The molecule has 2 aromatic heterocycles. The molecule has 0 saturated heterocycles. The van der Waals surface area contributed by atoms with E-state index in [-0.39, 0.29) is 11.3 Å². The van der Waals surface area contributed by atoms with Crippen LogP contribution in [0.1, 0.15) is 29.4 Å². The first-order valence-corrected chi connectivity index (χ1v) is 9.61. The Labute approximate surface area is 172 Å². The van der Waals surface area contributed by atoms with Gasteiger partial charge in [0, 0.05) is 18.2 Å². The number of aromatic nitrogens is 6. The monoisotopic (exact) mass is 403 g/mol. The normalized spacial score (nSPS) is 11.0. The van der Waals surface area contributed by atoms with Crippen molar-refractivity contribution in [3.05, 3.63) is 76.2 Å². The summed E-state index contributed by atoms with van der Waals surface area (Å²) in [6.45, 7) is 2.86. The Hall–Kier alpha value is -4.01. The average Bonchev–Trinajstić information content (AvgIpc) is 3.39. The van der Waals surface area contributed by atoms with E-state index in [2.05, 4.69) is 20.6 Å². The van der Waals surface area contributed by atoms with Crippen LogP contribution in [0.4, 0.5) is 0 Å². The Morgan fingerprint density at radius 2 is 1.80 bits per heavy atom. The molecule has 2 heterocycles. The average molecular weight is 403 g/mol. The van der Waals surface area contributed by atoms with Gasteiger partial charge in [0.05, 0.1) is 6.54 Å². The molecule has 2 aromatic carbocycles. The molecule has 0 spiro atoms. The van der Waals surface area contributed by atoms with E-state index >= 15 is 0 Å². The Balaban J connectivity index is 1.67. The van der Waals surface area contributed by atoms with Crippen LogP contribution >= 0.6 is 0 Å². The van der Waals surface area contributed by atoms with E-state index in [0.717, 1.165) is 28.7 Å². The Kier molecular flexibility index (Phi) is 5.25. The van der Waals surface area contributed by atoms with E-state index < -0.39 is 5.91 Å². The zero-order valence-electron chi connectivity index (χ0n) is 16.4. The number of nitrogens with two attached hydrogens (primary N) is 1. The number of rotatable bonds is 7. The summed E-state index contributed by atoms with van der Waals surface area (Å²) in [5, 5.41) is 14.3. The fourth-order valence-electron chi connectivity index (χ4n) is 3.49. The van der Waals surface area contributed by atoms with Gasteiger partial charge >= 0.3 is 0 Å². The van der Waals surface area contributed by atoms with Crippen LogP contribution in [-0.2, 0) is 13.1 Å². The molecule has 0 bridgehead atoms. The summed E-state index contributed by atoms with van der Waals surface area (Å²) in [7, 11) is 0. The van der Waals surface area contributed by atoms with Gasteiger partial charge in [-0.3, -0.25) is 14.3 Å². The molecule has 0 aliphatic heterocycles. The predicted molar refractivity (Wildman–Crippen MR) is 112 cm³/mol. The quantitative estimate of drug-likeness (QED) is 0.489. The molecular formula is C21H21N7O2. The van der Waals surface area contributed by atoms with Crippen LogP contribution < -0.4 is 11.3 Å². The lowest BCUT2D eigenvalue weighted by Gasteiger charge is -2.14. The highest BCUT2D eigenvalue weighted by atomic mass is 16.2. The first-order valence-electron chi connectivity index (χ1n) is 9.61. The van der Waals surface area contributed by atoms with Crippen LogP contribution in [0, 0.1) is 0 Å². The molecule has 0 saturated carbocycles. The minimum absolute atomic E-state index is 0.208. The van der Waals surface area contributed by atoms with Crippen LogP contribution in [-0.4, -0.2) is 35.9 Å². The number of nitrogens with zero attached hydrogens (tertiary/aromatic N) is 5. The molecule has 0 radical (unpaired) electrons. The Bertz CT molecular complexity index is 1220. The van der Waals surface area contributed by atoms with Crippen molar-refractivity contribution in [3.8, 4) is 22.5 Å². The second-order valence-corrected chi connectivity index (χ2v) is 6.89. The Morgan fingerprint density at radius 1 is 1.07 bits per heavy atom. The number of amides is 1. The van der Waals surface area contributed by atoms with Crippen molar-refractivity contribution >= 4 is 5.91 Å². The lowest BCUT2D eigenvalue weighted by Crippen LogP contribution is -2.26. The molecular weight excluding hydrogens is 382 g/mol. The summed E-state index contributed by atoms with van der Waals surface area (Å²) in [6, 6.07) is 17.0. The topological polar surface area (TPSA) is 124 Å². The van der Waals surface area contributed by atoms with Gasteiger partial charge in [0.15, 0.2) is 0 Å². The number of hydrogen-bond acceptors (Lipinski definition) is 5. The largest absolute Gasteiger partial charge is 0.364 e. The first-order chi connectivity index (χ1) is 14.6. The third-order valence-corrected chi connectivity index (χ3v) is 4.88. The van der Waals surface area contributed by atoms with Crippen LogP contribution in [0.25, 0.3) is 22.5 Å². The zero-order chi connectivity index (χ0) is 21.1. The number of H-pyrrole nitrogens is 1. The number of benzene rings is 2. The van der Waals surface area contributed by atoms with E-state index in [9.17, 15) is 9.59 Å². The molecule has 152 valence electrons. The van der Waals surface area contributed by atoms with Crippen molar-refractivity contribution < 1.29 is 4.79 Å². The fourth-order valence-corrected chi connectivity index (χ4v) is 3.49. The maximum atomic E-state index is 12.2. The van der Waals surface area contributed by atoms with Crippen LogP contribution in [0.5, 0.6) is 0 Å². The van der Waals surface area contributed by atoms with Crippen LogP contribution in [0.2, 0.25) is 0 Å². The van der Waals surface area contributed by atoms with Crippen molar-refractivity contribution in [2.24, 2.45) is 5.73 Å². The molecule has 4 aromatic rings. The van der Waals surface area contributed by atoms with E-state index in [1.807, 2.05) is 55.5 Å². The minimum Gasteiger partial charge on any atom is -0.364 e. The summed E-state index contributed by atoms with van der Waals surface area (Å²) in [6.07, 6.45) is 0.772. The molecule has 4 rings (SSSR count). The molecule has 0 aliphatic rings. The van der Waals surface area contributed by atoms with Crippen LogP contribution in [0.3, 0.4) is 0 Å². The molecule has 0 unspecified atom stereocenters. The highest BCUT2D eigenvalue weighted by molar-refractivity contribution is 5.91. The standard InChI is InChI=1S/C21H21N7O2/c1-2-11-27-19(29)12-18(20(22)30)28(27)13-14-7-9-15(10-8-14)16-5-3-4-6-17(16)21-23-25-26-24-21/h3-10,12H,2,11,13H2,1H3,(H2,22,30)(H,23,24,25,26). The lowest BCUT2D eigenvalue weighted by molar-refractivity contribution is 0.0988. The third kappa shape index (κ3) is 3.64. The minimum atomic E-state index is -0.618. The van der Waals surface area contributed by atoms with Crippen molar-refractivity contribution in [2.75, 3.05) is 0 Å². The summed E-state index contributed by atoms with van der Waals surface area (Å²) in [5.41, 5.74) is 9.25. The number of hydrogen-bond donors (Lipinski definition) is 2. The molecule has 3 N–H and O–H groups in total. The lowest BCUT2D eigenvalue weighted by atomic mass is 9.98. The van der Waals surface area contributed by atoms with Crippen molar-refractivity contribution in [3.63, 3.8) is 0 Å². The maximum Gasteiger partial charge on any atom is 0.267 e. The summed E-state index contributed by atoms with van der Waals surface area (Å²) in [4.78, 5) is 24.0. The molecule has 0 atom stereocenters. The second-order valence-electron chi connectivity index (χ2n) is 6.89. The number of carbonyl (C=O) groups excluding carboxylic acids is 1. The molecule has 9 heteroatoms. The summed E-state index contributed by atoms with van der Waals surface area (Å²) in [5.74, 6) is -0.0932. The number of carbonyl (C=O) groups is 1. The molecule has 30 heavy (non-hydrogen) atoms. The van der Waals surface area contributed by atoms with E-state index in [1.165, 1.54) is 6.07 Å². The highest BCUT2D eigenvalue weighted by Gasteiger charge is 2.16. The number of primary amides is 1. The van der Waals surface area contributed by atoms with E-state index in [0.29, 0.717) is 18.9 Å². The SMILES string of the molecule is CCCn1c(=O)cc(C(N)=O)n1Cc1ccc(-c2ccccc2-c2nn[nH]n2)cc1. The van der Waals surface area contributed by atoms with Gasteiger partial charge in [0.1, 0.15) is 5.69 Å². The number of nitrogens with one attached hydrogen (secondary N) is 1. The maximum absolute atomic E-state index is 12.2. The zero-order valence-corrected chi connectivity index (χ0v) is 16.4. The predicted octanol–water partition coefficient (Wildman–Crippen LogP) is 2.05. The van der Waals surface area contributed by atoms with Crippen LogP contribution in [0.15, 0.2) is 59.4 Å². The van der Waals surface area contributed by atoms with Gasteiger partial charge in [-0.05, 0) is 28.3 Å². The second kappa shape index (κ2) is 8.16. The van der Waals surface area contributed by atoms with Crippen molar-refractivity contribution in [1.29, 1.82) is 0 Å². The van der Waals surface area contributed by atoms with Gasteiger partial charge in [-0.2, -0.15) is 5.21 Å². The highest BCUT2D eigenvalue weighted by Crippen LogP contribution is 2.29. The number of aromatic amines is 1. The molecule has 9 nitrogen and oxygen atoms in total. The molecule has 0 fully saturated rings. The molecule has 0 aliphatic carbocycles. The van der Waals surface area contributed by atoms with Gasteiger partial charge in [-0.15, -0.1) is 10.2 Å². The van der Waals surface area contributed by atoms with Gasteiger partial charge in [-0.25, -0.2) is 4.68 Å². The number of tetrazole rings is 1. The van der Waals surface area contributed by atoms with E-state index in [1.54, 1.807) is 9.36 Å². The fraction of sp³-hybridized carbons (Fsp3) is 0.190. The third-order valence-electron chi connectivity index (χ3n) is 4.88. The van der Waals surface area contributed by atoms with Gasteiger partial charge in [0.2, 0.25) is 5.82 Å². The van der Waals surface area contributed by atoms with Gasteiger partial charge in [-0.1, -0.05) is 55.5 Å². The Morgan fingerprint density at radius 3 is 2.43 bits per heavy atom. The van der Waals surface area contributed by atoms with Gasteiger partial charge in [0.25, 0.3) is 11.5 Å². The smallest absolute Gasteiger partial charge is 0.267 e. The van der Waals surface area contributed by atoms with E-state index in [4.69, 9.17) is 5.73 Å². The first kappa shape index (κ1) is 19.3. The van der Waals surface area contributed by atoms with Gasteiger partial charge < -0.3 is 5.73 Å². The van der Waals surface area contributed by atoms with Crippen molar-refractivity contribution in [2.45, 2.75) is 26.4 Å².